The number of rotatable bonds is 7. The zero-order chi connectivity index (χ0) is 18.2. The Morgan fingerprint density at radius 2 is 1.68 bits per heavy atom. The molecule has 1 N–H and O–H groups in total. The number of carbonyl (C=O) groups excluding carboxylic acids is 2. The lowest BCUT2D eigenvalue weighted by atomic mass is 10.1. The number of aryl methyl sites for hydroxylation is 1. The maximum Gasteiger partial charge on any atom is 0.262 e. The topological polar surface area (TPSA) is 58.6 Å². The first kappa shape index (κ1) is 18.8. The largest absolute Gasteiger partial charge is 0.484 e. The molecule has 0 radical (unpaired) electrons. The molecule has 25 heavy (non-hydrogen) atoms. The number of hydrogen-bond donors (Lipinski definition) is 1. The van der Waals surface area contributed by atoms with Gasteiger partial charge in [-0.25, -0.2) is 0 Å². The van der Waals surface area contributed by atoms with Crippen molar-refractivity contribution >= 4 is 29.1 Å². The minimum atomic E-state index is -0.245. The van der Waals surface area contributed by atoms with Crippen LogP contribution in [0.5, 0.6) is 5.75 Å². The Balaban J connectivity index is 1.78. The highest BCUT2D eigenvalue weighted by molar-refractivity contribution is 6.30. The van der Waals surface area contributed by atoms with E-state index in [1.807, 2.05) is 24.3 Å². The van der Waals surface area contributed by atoms with Crippen LogP contribution in [0, 0.1) is 0 Å². The third kappa shape index (κ3) is 6.47. The van der Waals surface area contributed by atoms with Crippen molar-refractivity contribution < 1.29 is 14.3 Å². The van der Waals surface area contributed by atoms with Crippen molar-refractivity contribution in [2.75, 3.05) is 26.0 Å². The SMILES string of the molecule is CN(C)C(=O)CCc1ccc(NC(=O)COc2ccc(Cl)cc2)cc1. The Kier molecular flexibility index (Phi) is 6.83. The van der Waals surface area contributed by atoms with Gasteiger partial charge < -0.3 is 15.0 Å². The van der Waals surface area contributed by atoms with Crippen molar-refractivity contribution in [2.24, 2.45) is 0 Å². The summed E-state index contributed by atoms with van der Waals surface area (Å²) in [4.78, 5) is 25.1. The molecule has 0 saturated carbocycles. The quantitative estimate of drug-likeness (QED) is 0.823. The van der Waals surface area contributed by atoms with Crippen molar-refractivity contribution in [3.63, 3.8) is 0 Å². The number of ether oxygens (including phenoxy) is 1. The second-order valence-corrected chi connectivity index (χ2v) is 6.21. The highest BCUT2D eigenvalue weighted by Crippen LogP contribution is 2.16. The van der Waals surface area contributed by atoms with E-state index in [9.17, 15) is 9.59 Å². The van der Waals surface area contributed by atoms with Gasteiger partial charge in [0.2, 0.25) is 5.91 Å². The van der Waals surface area contributed by atoms with Gasteiger partial charge >= 0.3 is 0 Å². The number of carbonyl (C=O) groups is 2. The Hall–Kier alpha value is -2.53. The van der Waals surface area contributed by atoms with E-state index in [0.717, 1.165) is 5.56 Å². The molecule has 0 bridgehead atoms. The van der Waals surface area contributed by atoms with E-state index in [0.29, 0.717) is 29.3 Å². The predicted octanol–water partition coefficient (Wildman–Crippen LogP) is 3.38. The monoisotopic (exact) mass is 360 g/mol. The maximum atomic E-state index is 11.9. The van der Waals surface area contributed by atoms with Crippen LogP contribution in [-0.4, -0.2) is 37.4 Å². The van der Waals surface area contributed by atoms with Crippen LogP contribution in [0.15, 0.2) is 48.5 Å². The number of anilines is 1. The van der Waals surface area contributed by atoms with Gasteiger partial charge in [0.05, 0.1) is 0 Å². The van der Waals surface area contributed by atoms with Crippen molar-refractivity contribution in [3.05, 3.63) is 59.1 Å². The van der Waals surface area contributed by atoms with E-state index < -0.39 is 0 Å². The highest BCUT2D eigenvalue weighted by Gasteiger charge is 2.06. The minimum Gasteiger partial charge on any atom is -0.484 e. The van der Waals surface area contributed by atoms with Crippen molar-refractivity contribution in [1.82, 2.24) is 4.90 Å². The van der Waals surface area contributed by atoms with Gasteiger partial charge in [0.1, 0.15) is 5.75 Å². The Morgan fingerprint density at radius 3 is 2.28 bits per heavy atom. The number of hydrogen-bond acceptors (Lipinski definition) is 3. The summed E-state index contributed by atoms with van der Waals surface area (Å²) < 4.78 is 5.39. The lowest BCUT2D eigenvalue weighted by molar-refractivity contribution is -0.128. The van der Waals surface area contributed by atoms with E-state index in [4.69, 9.17) is 16.3 Å². The highest BCUT2D eigenvalue weighted by atomic mass is 35.5. The van der Waals surface area contributed by atoms with Crippen LogP contribution in [0.25, 0.3) is 0 Å². The Bertz CT molecular complexity index is 712. The smallest absolute Gasteiger partial charge is 0.262 e. The molecule has 5 nitrogen and oxygen atoms in total. The van der Waals surface area contributed by atoms with Gasteiger partial charge in [-0.15, -0.1) is 0 Å². The summed E-state index contributed by atoms with van der Waals surface area (Å²) in [6, 6.07) is 14.3. The molecule has 0 fully saturated rings. The molecule has 0 aliphatic carbocycles. The summed E-state index contributed by atoms with van der Waals surface area (Å²) in [6.45, 7) is -0.0826. The lowest BCUT2D eigenvalue weighted by Crippen LogP contribution is -2.21. The van der Waals surface area contributed by atoms with Gasteiger partial charge in [-0.3, -0.25) is 9.59 Å². The molecule has 0 heterocycles. The Labute approximate surface area is 152 Å². The summed E-state index contributed by atoms with van der Waals surface area (Å²) in [6.07, 6.45) is 1.14. The molecule has 0 aromatic heterocycles. The molecular formula is C19H21ClN2O3. The second-order valence-electron chi connectivity index (χ2n) is 5.78. The number of nitrogens with one attached hydrogen (secondary N) is 1. The third-order valence-corrected chi connectivity index (χ3v) is 3.80. The summed E-state index contributed by atoms with van der Waals surface area (Å²) in [5, 5.41) is 3.38. The van der Waals surface area contributed by atoms with Crippen molar-refractivity contribution in [3.8, 4) is 5.75 Å². The molecule has 2 aromatic carbocycles. The number of amides is 2. The van der Waals surface area contributed by atoms with Gasteiger partial charge in [-0.1, -0.05) is 23.7 Å². The third-order valence-electron chi connectivity index (χ3n) is 3.55. The van der Waals surface area contributed by atoms with Gasteiger partial charge in [0, 0.05) is 31.2 Å². The van der Waals surface area contributed by atoms with Gasteiger partial charge in [0.15, 0.2) is 6.61 Å². The first-order valence-corrected chi connectivity index (χ1v) is 8.29. The van der Waals surface area contributed by atoms with E-state index in [-0.39, 0.29) is 18.4 Å². The first-order valence-electron chi connectivity index (χ1n) is 7.91. The second kappa shape index (κ2) is 9.08. The average Bonchev–Trinajstić information content (AvgIpc) is 2.60. The molecule has 0 saturated heterocycles. The summed E-state index contributed by atoms with van der Waals surface area (Å²) in [5.41, 5.74) is 1.73. The minimum absolute atomic E-state index is 0.0826. The van der Waals surface area contributed by atoms with Crippen molar-refractivity contribution in [2.45, 2.75) is 12.8 Å². The average molecular weight is 361 g/mol. The van der Waals surface area contributed by atoms with Crippen LogP contribution < -0.4 is 10.1 Å². The molecule has 0 spiro atoms. The zero-order valence-corrected chi connectivity index (χ0v) is 15.0. The van der Waals surface area contributed by atoms with Crippen LogP contribution in [0.1, 0.15) is 12.0 Å². The molecule has 0 atom stereocenters. The fourth-order valence-electron chi connectivity index (χ4n) is 2.11. The van der Waals surface area contributed by atoms with E-state index in [1.165, 1.54) is 0 Å². The van der Waals surface area contributed by atoms with Crippen LogP contribution in [0.2, 0.25) is 5.02 Å². The summed E-state index contributed by atoms with van der Waals surface area (Å²) in [7, 11) is 3.49. The first-order chi connectivity index (χ1) is 11.9. The van der Waals surface area contributed by atoms with Crippen LogP contribution in [0.4, 0.5) is 5.69 Å². The van der Waals surface area contributed by atoms with E-state index in [1.54, 1.807) is 43.3 Å². The van der Waals surface area contributed by atoms with Gasteiger partial charge in [-0.05, 0) is 48.4 Å². The fourth-order valence-corrected chi connectivity index (χ4v) is 2.23. The zero-order valence-electron chi connectivity index (χ0n) is 14.3. The molecule has 132 valence electrons. The summed E-state index contributed by atoms with van der Waals surface area (Å²) in [5.74, 6) is 0.433. The molecule has 2 rings (SSSR count). The molecular weight excluding hydrogens is 340 g/mol. The standard InChI is InChI=1S/C19H21ClN2O3/c1-22(2)19(24)12-5-14-3-8-16(9-4-14)21-18(23)13-25-17-10-6-15(20)7-11-17/h3-4,6-11H,5,12-13H2,1-2H3,(H,21,23). The fraction of sp³-hybridized carbons (Fsp3) is 0.263. The molecule has 2 amide bonds. The molecule has 0 unspecified atom stereocenters. The van der Waals surface area contributed by atoms with Crippen LogP contribution in [-0.2, 0) is 16.0 Å². The van der Waals surface area contributed by atoms with E-state index >= 15 is 0 Å². The van der Waals surface area contributed by atoms with Gasteiger partial charge in [0.25, 0.3) is 5.91 Å². The number of halogens is 1. The number of nitrogens with zero attached hydrogens (tertiary/aromatic N) is 1. The molecule has 2 aromatic rings. The van der Waals surface area contributed by atoms with Crippen LogP contribution in [0.3, 0.4) is 0 Å². The predicted molar refractivity (Wildman–Crippen MR) is 99.0 cm³/mol. The van der Waals surface area contributed by atoms with Crippen LogP contribution >= 0.6 is 11.6 Å². The molecule has 0 aliphatic rings. The van der Waals surface area contributed by atoms with E-state index in [2.05, 4.69) is 5.32 Å². The Morgan fingerprint density at radius 1 is 1.04 bits per heavy atom. The number of benzene rings is 2. The van der Waals surface area contributed by atoms with Gasteiger partial charge in [-0.2, -0.15) is 0 Å². The molecule has 0 aliphatic heterocycles. The normalized spacial score (nSPS) is 10.2. The maximum absolute atomic E-state index is 11.9. The van der Waals surface area contributed by atoms with Crippen molar-refractivity contribution in [1.29, 1.82) is 0 Å². The summed E-state index contributed by atoms with van der Waals surface area (Å²) >= 11 is 5.79. The molecule has 6 heteroatoms. The lowest BCUT2D eigenvalue weighted by Gasteiger charge is -2.10.